The summed E-state index contributed by atoms with van der Waals surface area (Å²) in [6, 6.07) is 5.70. The molecule has 0 atom stereocenters. The number of nitrogens with zero attached hydrogens (tertiary/aromatic N) is 2. The topological polar surface area (TPSA) is 64.1 Å². The Hall–Kier alpha value is -2.14. The first-order valence-electron chi connectivity index (χ1n) is 8.14. The molecule has 5 nitrogen and oxygen atoms in total. The Kier molecular flexibility index (Phi) is 7.00. The SMILES string of the molecule is CCCCCCC(=O)Nc1ccc(Oc2ncc(Cl)cn2)c(C)c1. The lowest BCUT2D eigenvalue weighted by molar-refractivity contribution is -0.116. The lowest BCUT2D eigenvalue weighted by Gasteiger charge is -2.10. The third-order valence-electron chi connectivity index (χ3n) is 3.51. The summed E-state index contributed by atoms with van der Waals surface area (Å²) in [5.41, 5.74) is 1.65. The minimum Gasteiger partial charge on any atom is -0.424 e. The number of rotatable bonds is 8. The number of carbonyl (C=O) groups is 1. The number of aromatic nitrogens is 2. The zero-order valence-corrected chi connectivity index (χ0v) is 14.8. The fraction of sp³-hybridized carbons (Fsp3) is 0.389. The van der Waals surface area contributed by atoms with Gasteiger partial charge in [0.2, 0.25) is 5.91 Å². The third kappa shape index (κ3) is 5.81. The number of benzene rings is 1. The molecule has 1 amide bonds. The Morgan fingerprint density at radius 2 is 1.96 bits per heavy atom. The van der Waals surface area contributed by atoms with Crippen LogP contribution < -0.4 is 10.1 Å². The van der Waals surface area contributed by atoms with E-state index >= 15 is 0 Å². The quantitative estimate of drug-likeness (QED) is 0.671. The molecular formula is C18H22ClN3O2. The molecule has 0 spiro atoms. The van der Waals surface area contributed by atoms with E-state index in [9.17, 15) is 4.79 Å². The van der Waals surface area contributed by atoms with Crippen molar-refractivity contribution in [1.82, 2.24) is 9.97 Å². The van der Waals surface area contributed by atoms with E-state index in [-0.39, 0.29) is 11.9 Å². The van der Waals surface area contributed by atoms with Crippen LogP contribution in [0.25, 0.3) is 0 Å². The maximum atomic E-state index is 11.9. The number of ether oxygens (including phenoxy) is 1. The number of hydrogen-bond acceptors (Lipinski definition) is 4. The maximum absolute atomic E-state index is 11.9. The minimum absolute atomic E-state index is 0.0419. The van der Waals surface area contributed by atoms with Crippen LogP contribution in [0.3, 0.4) is 0 Å². The van der Waals surface area contributed by atoms with Crippen molar-refractivity contribution >= 4 is 23.2 Å². The first-order valence-corrected chi connectivity index (χ1v) is 8.52. The van der Waals surface area contributed by atoms with Gasteiger partial charge in [-0.15, -0.1) is 0 Å². The fourth-order valence-corrected chi connectivity index (χ4v) is 2.33. The summed E-state index contributed by atoms with van der Waals surface area (Å²) in [5, 5.41) is 3.37. The second-order valence-corrected chi connectivity index (χ2v) is 6.06. The van der Waals surface area contributed by atoms with E-state index in [0.29, 0.717) is 17.2 Å². The molecule has 0 fully saturated rings. The molecule has 0 saturated heterocycles. The van der Waals surface area contributed by atoms with Crippen LogP contribution in [0.5, 0.6) is 11.8 Å². The molecule has 0 aliphatic rings. The Morgan fingerprint density at radius 3 is 2.62 bits per heavy atom. The van der Waals surface area contributed by atoms with E-state index in [2.05, 4.69) is 22.2 Å². The van der Waals surface area contributed by atoms with E-state index in [1.807, 2.05) is 19.1 Å². The number of aryl methyl sites for hydroxylation is 1. The van der Waals surface area contributed by atoms with Gasteiger partial charge in [0.1, 0.15) is 5.75 Å². The Bertz CT molecular complexity index is 674. The Balaban J connectivity index is 1.91. The molecule has 1 heterocycles. The molecule has 1 N–H and O–H groups in total. The lowest BCUT2D eigenvalue weighted by atomic mass is 10.1. The molecule has 0 bridgehead atoms. The van der Waals surface area contributed by atoms with Crippen LogP contribution in [0, 0.1) is 6.92 Å². The van der Waals surface area contributed by atoms with E-state index in [4.69, 9.17) is 16.3 Å². The molecule has 0 aliphatic heterocycles. The zero-order valence-electron chi connectivity index (χ0n) is 14.0. The molecule has 128 valence electrons. The molecule has 0 radical (unpaired) electrons. The standard InChI is InChI=1S/C18H22ClN3O2/c1-3-4-5-6-7-17(23)22-15-8-9-16(13(2)10-15)24-18-20-11-14(19)12-21-18/h8-12H,3-7H2,1-2H3,(H,22,23). The van der Waals surface area contributed by atoms with E-state index in [1.165, 1.54) is 25.2 Å². The van der Waals surface area contributed by atoms with Gasteiger partial charge >= 0.3 is 6.01 Å². The van der Waals surface area contributed by atoms with E-state index < -0.39 is 0 Å². The molecule has 1 aromatic heterocycles. The van der Waals surface area contributed by atoms with Gasteiger partial charge < -0.3 is 10.1 Å². The molecule has 0 aliphatic carbocycles. The van der Waals surface area contributed by atoms with Crippen molar-refractivity contribution in [2.24, 2.45) is 0 Å². The average molecular weight is 348 g/mol. The number of carbonyl (C=O) groups excluding carboxylic acids is 1. The molecule has 2 aromatic rings. The van der Waals surface area contributed by atoms with Gasteiger partial charge in [-0.1, -0.05) is 37.8 Å². The summed E-state index contributed by atoms with van der Waals surface area (Å²) < 4.78 is 5.62. The van der Waals surface area contributed by atoms with Crippen molar-refractivity contribution in [2.75, 3.05) is 5.32 Å². The van der Waals surface area contributed by atoms with Crippen molar-refractivity contribution in [3.63, 3.8) is 0 Å². The molecule has 0 unspecified atom stereocenters. The Morgan fingerprint density at radius 1 is 1.21 bits per heavy atom. The van der Waals surface area contributed by atoms with Crippen molar-refractivity contribution in [3.8, 4) is 11.8 Å². The molecule has 0 saturated carbocycles. The van der Waals surface area contributed by atoms with Gasteiger partial charge in [0.15, 0.2) is 0 Å². The lowest BCUT2D eigenvalue weighted by Crippen LogP contribution is -2.11. The van der Waals surface area contributed by atoms with Crippen LogP contribution in [-0.4, -0.2) is 15.9 Å². The zero-order chi connectivity index (χ0) is 17.4. The molecule has 24 heavy (non-hydrogen) atoms. The summed E-state index contributed by atoms with van der Waals surface area (Å²) in [4.78, 5) is 19.9. The van der Waals surface area contributed by atoms with Gasteiger partial charge in [-0.2, -0.15) is 0 Å². The number of unbranched alkanes of at least 4 members (excludes halogenated alkanes) is 3. The molecular weight excluding hydrogens is 326 g/mol. The van der Waals surface area contributed by atoms with Gasteiger partial charge in [-0.05, 0) is 37.1 Å². The van der Waals surface area contributed by atoms with Crippen LogP contribution in [0.1, 0.15) is 44.6 Å². The van der Waals surface area contributed by atoms with Crippen LogP contribution in [0.4, 0.5) is 5.69 Å². The highest BCUT2D eigenvalue weighted by atomic mass is 35.5. The minimum atomic E-state index is 0.0419. The normalized spacial score (nSPS) is 10.5. The number of nitrogens with one attached hydrogen (secondary N) is 1. The van der Waals surface area contributed by atoms with Crippen molar-refractivity contribution < 1.29 is 9.53 Å². The third-order valence-corrected chi connectivity index (χ3v) is 3.71. The van der Waals surface area contributed by atoms with Gasteiger partial charge in [-0.25, -0.2) is 9.97 Å². The fourth-order valence-electron chi connectivity index (χ4n) is 2.23. The summed E-state index contributed by atoms with van der Waals surface area (Å²) >= 11 is 5.75. The van der Waals surface area contributed by atoms with Gasteiger partial charge in [-0.3, -0.25) is 4.79 Å². The van der Waals surface area contributed by atoms with Crippen LogP contribution in [0.2, 0.25) is 5.02 Å². The summed E-state index contributed by atoms with van der Waals surface area (Å²) in [7, 11) is 0. The highest BCUT2D eigenvalue weighted by molar-refractivity contribution is 6.30. The monoisotopic (exact) mass is 347 g/mol. The van der Waals surface area contributed by atoms with Crippen LogP contribution >= 0.6 is 11.6 Å². The van der Waals surface area contributed by atoms with Crippen LogP contribution in [-0.2, 0) is 4.79 Å². The number of anilines is 1. The second-order valence-electron chi connectivity index (χ2n) is 5.63. The van der Waals surface area contributed by atoms with E-state index in [0.717, 1.165) is 24.1 Å². The van der Waals surface area contributed by atoms with Gasteiger partial charge in [0.05, 0.1) is 17.4 Å². The largest absolute Gasteiger partial charge is 0.424 e. The summed E-state index contributed by atoms with van der Waals surface area (Å²) in [5.74, 6) is 0.679. The predicted octanol–water partition coefficient (Wildman–Crippen LogP) is 5.14. The molecule has 6 heteroatoms. The average Bonchev–Trinajstić information content (AvgIpc) is 2.56. The summed E-state index contributed by atoms with van der Waals surface area (Å²) in [6.45, 7) is 4.06. The predicted molar refractivity (Wildman–Crippen MR) is 95.7 cm³/mol. The summed E-state index contributed by atoms with van der Waals surface area (Å²) in [6.07, 6.45) is 7.87. The first kappa shape index (κ1) is 18.2. The Labute approximate surface area is 147 Å². The van der Waals surface area contributed by atoms with Crippen molar-refractivity contribution in [1.29, 1.82) is 0 Å². The van der Waals surface area contributed by atoms with Crippen LogP contribution in [0.15, 0.2) is 30.6 Å². The van der Waals surface area contributed by atoms with Gasteiger partial charge in [0.25, 0.3) is 0 Å². The highest BCUT2D eigenvalue weighted by Crippen LogP contribution is 2.25. The number of amides is 1. The van der Waals surface area contributed by atoms with E-state index in [1.54, 1.807) is 6.07 Å². The maximum Gasteiger partial charge on any atom is 0.321 e. The highest BCUT2D eigenvalue weighted by Gasteiger charge is 2.07. The van der Waals surface area contributed by atoms with Crippen molar-refractivity contribution in [3.05, 3.63) is 41.2 Å². The number of hydrogen-bond donors (Lipinski definition) is 1. The van der Waals surface area contributed by atoms with Gasteiger partial charge in [0, 0.05) is 12.1 Å². The molecule has 1 aromatic carbocycles. The first-order chi connectivity index (χ1) is 11.6. The molecule has 2 rings (SSSR count). The second kappa shape index (κ2) is 9.23. The van der Waals surface area contributed by atoms with Crippen molar-refractivity contribution in [2.45, 2.75) is 46.0 Å². The smallest absolute Gasteiger partial charge is 0.321 e. The number of halogens is 1.